The Morgan fingerprint density at radius 1 is 0.591 bits per heavy atom. The SMILES string of the molecule is C.CCCCCCCCCCCCCCCCCCN=C=O. The summed E-state index contributed by atoms with van der Waals surface area (Å²) in [6.45, 7) is 2.95. The van der Waals surface area contributed by atoms with Crippen LogP contribution in [0.3, 0.4) is 0 Å². The highest BCUT2D eigenvalue weighted by molar-refractivity contribution is 5.32. The fraction of sp³-hybridized carbons (Fsp3) is 0.950. The zero-order valence-corrected chi connectivity index (χ0v) is 14.4. The van der Waals surface area contributed by atoms with E-state index in [2.05, 4.69) is 11.9 Å². The fourth-order valence-corrected chi connectivity index (χ4v) is 2.78. The second kappa shape index (κ2) is 22.7. The molecule has 0 atom stereocenters. The Balaban J connectivity index is 0. The second-order valence-corrected chi connectivity index (χ2v) is 6.28. The van der Waals surface area contributed by atoms with Gasteiger partial charge in [-0.1, -0.05) is 111 Å². The highest BCUT2D eigenvalue weighted by Crippen LogP contribution is 2.13. The fourth-order valence-electron chi connectivity index (χ4n) is 2.78. The molecule has 0 heterocycles. The largest absolute Gasteiger partial charge is 0.234 e. The van der Waals surface area contributed by atoms with Gasteiger partial charge < -0.3 is 0 Å². The predicted molar refractivity (Wildman–Crippen MR) is 99.3 cm³/mol. The molecule has 0 spiro atoms. The maximum atomic E-state index is 9.87. The first kappa shape index (κ1) is 23.6. The summed E-state index contributed by atoms with van der Waals surface area (Å²) in [5, 5.41) is 0. The normalized spacial score (nSPS) is 10.0. The smallest absolute Gasteiger partial charge is 0.211 e. The zero-order valence-electron chi connectivity index (χ0n) is 14.4. The van der Waals surface area contributed by atoms with Gasteiger partial charge >= 0.3 is 0 Å². The minimum atomic E-state index is 0. The van der Waals surface area contributed by atoms with E-state index in [9.17, 15) is 4.79 Å². The number of unbranched alkanes of at least 4 members (excludes halogenated alkanes) is 15. The Hall–Kier alpha value is -0.620. The van der Waals surface area contributed by atoms with Crippen LogP contribution in [0.1, 0.15) is 117 Å². The molecular weight excluding hydrogens is 270 g/mol. The molecule has 0 saturated carbocycles. The Morgan fingerprint density at radius 3 is 1.23 bits per heavy atom. The molecule has 0 fully saturated rings. The summed E-state index contributed by atoms with van der Waals surface area (Å²) in [6, 6.07) is 0. The average molecular weight is 312 g/mol. The molecule has 0 aromatic rings. The van der Waals surface area contributed by atoms with Gasteiger partial charge in [-0.15, -0.1) is 0 Å². The highest BCUT2D eigenvalue weighted by atomic mass is 16.1. The molecule has 0 N–H and O–H groups in total. The van der Waals surface area contributed by atoms with E-state index in [4.69, 9.17) is 0 Å². The number of hydrogen-bond acceptors (Lipinski definition) is 2. The van der Waals surface area contributed by atoms with Gasteiger partial charge in [0, 0.05) is 0 Å². The first-order valence-corrected chi connectivity index (χ1v) is 9.45. The van der Waals surface area contributed by atoms with Gasteiger partial charge in [-0.05, 0) is 6.42 Å². The van der Waals surface area contributed by atoms with Crippen molar-refractivity contribution in [1.82, 2.24) is 0 Å². The first-order chi connectivity index (χ1) is 10.4. The van der Waals surface area contributed by atoms with Crippen molar-refractivity contribution in [2.24, 2.45) is 4.99 Å². The topological polar surface area (TPSA) is 29.4 Å². The molecule has 0 saturated heterocycles. The molecule has 0 bridgehead atoms. The molecule has 0 radical (unpaired) electrons. The number of hydrogen-bond donors (Lipinski definition) is 0. The van der Waals surface area contributed by atoms with Crippen LogP contribution in [0.25, 0.3) is 0 Å². The Kier molecular flexibility index (Phi) is 24.4. The van der Waals surface area contributed by atoms with Crippen molar-refractivity contribution in [2.45, 2.75) is 117 Å². The van der Waals surface area contributed by atoms with E-state index in [1.165, 1.54) is 96.3 Å². The van der Waals surface area contributed by atoms with Crippen LogP contribution < -0.4 is 0 Å². The second-order valence-electron chi connectivity index (χ2n) is 6.28. The molecule has 0 aliphatic rings. The molecule has 0 aliphatic carbocycles. The third kappa shape index (κ3) is 21.7. The molecule has 0 aromatic heterocycles. The lowest BCUT2D eigenvalue weighted by molar-refractivity contribution is 0.529. The number of rotatable bonds is 17. The van der Waals surface area contributed by atoms with Crippen LogP contribution in [-0.4, -0.2) is 12.6 Å². The number of aliphatic imine (C=N–C) groups is 1. The minimum Gasteiger partial charge on any atom is -0.211 e. The summed E-state index contributed by atoms with van der Waals surface area (Å²) >= 11 is 0. The van der Waals surface area contributed by atoms with Gasteiger partial charge in [-0.3, -0.25) is 0 Å². The van der Waals surface area contributed by atoms with E-state index in [1.54, 1.807) is 6.08 Å². The average Bonchev–Trinajstić information content (AvgIpc) is 2.50. The predicted octanol–water partition coefficient (Wildman–Crippen LogP) is 7.22. The molecule has 2 heteroatoms. The van der Waals surface area contributed by atoms with Crippen molar-refractivity contribution in [2.75, 3.05) is 6.54 Å². The van der Waals surface area contributed by atoms with Crippen LogP contribution >= 0.6 is 0 Å². The molecule has 0 rings (SSSR count). The van der Waals surface area contributed by atoms with Gasteiger partial charge in [0.15, 0.2) is 0 Å². The van der Waals surface area contributed by atoms with Crippen molar-refractivity contribution < 1.29 is 4.79 Å². The van der Waals surface area contributed by atoms with E-state index in [0.29, 0.717) is 6.54 Å². The summed E-state index contributed by atoms with van der Waals surface area (Å²) in [6.07, 6.45) is 23.6. The monoisotopic (exact) mass is 311 g/mol. The quantitative estimate of drug-likeness (QED) is 0.158. The van der Waals surface area contributed by atoms with Crippen LogP contribution in [0.15, 0.2) is 4.99 Å². The lowest BCUT2D eigenvalue weighted by Crippen LogP contribution is -1.84. The van der Waals surface area contributed by atoms with E-state index < -0.39 is 0 Å². The van der Waals surface area contributed by atoms with Crippen LogP contribution in [-0.2, 0) is 4.79 Å². The number of nitrogens with zero attached hydrogens (tertiary/aromatic N) is 1. The van der Waals surface area contributed by atoms with E-state index in [0.717, 1.165) is 6.42 Å². The standard InChI is InChI=1S/C19H37NO.CH4/c1-2-3-4-5-6-7-8-9-10-11-12-13-14-15-16-17-18-20-19-21;/h2-18H2,1H3;1H4. The van der Waals surface area contributed by atoms with Gasteiger partial charge in [-0.25, -0.2) is 9.79 Å². The van der Waals surface area contributed by atoms with Crippen molar-refractivity contribution in [3.63, 3.8) is 0 Å². The third-order valence-corrected chi connectivity index (χ3v) is 4.19. The van der Waals surface area contributed by atoms with Gasteiger partial charge in [0.2, 0.25) is 6.08 Å². The maximum absolute atomic E-state index is 9.87. The van der Waals surface area contributed by atoms with Gasteiger partial charge in [0.1, 0.15) is 0 Å². The first-order valence-electron chi connectivity index (χ1n) is 9.45. The molecule has 0 aliphatic heterocycles. The lowest BCUT2D eigenvalue weighted by Gasteiger charge is -2.03. The van der Waals surface area contributed by atoms with Crippen LogP contribution in [0.5, 0.6) is 0 Å². The Bertz CT molecular complexity index is 234. The minimum absolute atomic E-state index is 0. The Labute approximate surface area is 140 Å². The molecule has 2 nitrogen and oxygen atoms in total. The zero-order chi connectivity index (χ0) is 15.4. The summed E-state index contributed by atoms with van der Waals surface area (Å²) in [7, 11) is 0. The Morgan fingerprint density at radius 2 is 0.909 bits per heavy atom. The summed E-state index contributed by atoms with van der Waals surface area (Å²) in [4.78, 5) is 13.4. The summed E-state index contributed by atoms with van der Waals surface area (Å²) in [5.41, 5.74) is 0. The van der Waals surface area contributed by atoms with E-state index in [-0.39, 0.29) is 7.43 Å². The highest BCUT2D eigenvalue weighted by Gasteiger charge is 1.94. The third-order valence-electron chi connectivity index (χ3n) is 4.19. The molecule has 0 unspecified atom stereocenters. The molecule has 132 valence electrons. The van der Waals surface area contributed by atoms with Crippen molar-refractivity contribution >= 4 is 6.08 Å². The van der Waals surface area contributed by atoms with Crippen LogP contribution in [0.4, 0.5) is 0 Å². The van der Waals surface area contributed by atoms with Crippen molar-refractivity contribution in [3.8, 4) is 0 Å². The molecule has 0 aromatic carbocycles. The van der Waals surface area contributed by atoms with Crippen LogP contribution in [0.2, 0.25) is 0 Å². The summed E-state index contributed by atoms with van der Waals surface area (Å²) in [5.74, 6) is 0. The summed E-state index contributed by atoms with van der Waals surface area (Å²) < 4.78 is 0. The maximum Gasteiger partial charge on any atom is 0.234 e. The van der Waals surface area contributed by atoms with E-state index in [1.807, 2.05) is 0 Å². The lowest BCUT2D eigenvalue weighted by atomic mass is 10.0. The van der Waals surface area contributed by atoms with Gasteiger partial charge in [0.25, 0.3) is 0 Å². The van der Waals surface area contributed by atoms with E-state index >= 15 is 0 Å². The van der Waals surface area contributed by atoms with Gasteiger partial charge in [0.05, 0.1) is 6.54 Å². The number of carbonyl (C=O) groups excluding carboxylic acids is 1. The molecule has 0 amide bonds. The van der Waals surface area contributed by atoms with Crippen LogP contribution in [0, 0.1) is 0 Å². The van der Waals surface area contributed by atoms with Gasteiger partial charge in [-0.2, -0.15) is 0 Å². The molecular formula is C20H41NO. The number of isocyanates is 1. The van der Waals surface area contributed by atoms with Crippen molar-refractivity contribution in [1.29, 1.82) is 0 Å². The van der Waals surface area contributed by atoms with Crippen molar-refractivity contribution in [3.05, 3.63) is 0 Å². The molecule has 22 heavy (non-hydrogen) atoms.